The number of benzene rings is 1. The Hall–Kier alpha value is -1.84. The standard InChI is InChI=1S/C15H11ClN2S/c16-12-5-3-4-11(8-12)14-9-13(10-19-14)18-15-6-1-2-7-17-15/h1-10H,(H,17,18). The Kier molecular flexibility index (Phi) is 3.49. The lowest BCUT2D eigenvalue weighted by Gasteiger charge is -2.01. The van der Waals surface area contributed by atoms with E-state index < -0.39 is 0 Å². The minimum absolute atomic E-state index is 0.755. The lowest BCUT2D eigenvalue weighted by molar-refractivity contribution is 1.31. The van der Waals surface area contributed by atoms with E-state index in [1.54, 1.807) is 17.5 Å². The zero-order valence-electron chi connectivity index (χ0n) is 10.0. The molecule has 0 saturated carbocycles. The Balaban J connectivity index is 1.84. The summed E-state index contributed by atoms with van der Waals surface area (Å²) in [5.74, 6) is 0.845. The largest absolute Gasteiger partial charge is 0.340 e. The van der Waals surface area contributed by atoms with Gasteiger partial charge in [0.05, 0.1) is 5.69 Å². The fourth-order valence-electron chi connectivity index (χ4n) is 1.78. The molecule has 0 amide bonds. The van der Waals surface area contributed by atoms with Gasteiger partial charge in [-0.05, 0) is 35.9 Å². The first kappa shape index (κ1) is 12.2. The molecule has 0 radical (unpaired) electrons. The van der Waals surface area contributed by atoms with Crippen LogP contribution in [0.2, 0.25) is 5.02 Å². The maximum atomic E-state index is 6.01. The van der Waals surface area contributed by atoms with Gasteiger partial charge in [0.2, 0.25) is 0 Å². The van der Waals surface area contributed by atoms with Crippen molar-refractivity contribution in [2.24, 2.45) is 0 Å². The zero-order chi connectivity index (χ0) is 13.1. The van der Waals surface area contributed by atoms with Crippen molar-refractivity contribution >= 4 is 34.4 Å². The van der Waals surface area contributed by atoms with Crippen LogP contribution < -0.4 is 5.32 Å². The topological polar surface area (TPSA) is 24.9 Å². The van der Waals surface area contributed by atoms with Crippen LogP contribution >= 0.6 is 22.9 Å². The second-order valence-electron chi connectivity index (χ2n) is 4.05. The van der Waals surface area contributed by atoms with Gasteiger partial charge in [0.1, 0.15) is 5.82 Å². The summed E-state index contributed by atoms with van der Waals surface area (Å²) in [4.78, 5) is 5.42. The van der Waals surface area contributed by atoms with Crippen LogP contribution in [0.25, 0.3) is 10.4 Å². The number of pyridine rings is 1. The molecule has 0 aliphatic rings. The molecule has 19 heavy (non-hydrogen) atoms. The highest BCUT2D eigenvalue weighted by molar-refractivity contribution is 7.14. The number of hydrogen-bond acceptors (Lipinski definition) is 3. The lowest BCUT2D eigenvalue weighted by Crippen LogP contribution is -1.89. The van der Waals surface area contributed by atoms with E-state index in [0.29, 0.717) is 0 Å². The zero-order valence-corrected chi connectivity index (χ0v) is 11.6. The molecule has 3 aromatic rings. The van der Waals surface area contributed by atoms with Gasteiger partial charge in [0, 0.05) is 21.5 Å². The highest BCUT2D eigenvalue weighted by Crippen LogP contribution is 2.32. The van der Waals surface area contributed by atoms with E-state index in [0.717, 1.165) is 22.1 Å². The summed E-state index contributed by atoms with van der Waals surface area (Å²) in [7, 11) is 0. The molecule has 0 fully saturated rings. The van der Waals surface area contributed by atoms with E-state index in [2.05, 4.69) is 27.8 Å². The number of nitrogens with one attached hydrogen (secondary N) is 1. The molecule has 4 heteroatoms. The summed E-state index contributed by atoms with van der Waals surface area (Å²) in [5, 5.41) is 6.10. The van der Waals surface area contributed by atoms with Crippen molar-refractivity contribution in [1.29, 1.82) is 0 Å². The summed E-state index contributed by atoms with van der Waals surface area (Å²) >= 11 is 7.69. The normalized spacial score (nSPS) is 10.4. The highest BCUT2D eigenvalue weighted by atomic mass is 35.5. The SMILES string of the molecule is Clc1cccc(-c2cc(Nc3ccccn3)cs2)c1. The van der Waals surface area contributed by atoms with Crippen LogP contribution in [0.15, 0.2) is 60.1 Å². The fraction of sp³-hybridized carbons (Fsp3) is 0. The quantitative estimate of drug-likeness (QED) is 0.715. The summed E-state index contributed by atoms with van der Waals surface area (Å²) in [6, 6.07) is 15.8. The molecular formula is C15H11ClN2S. The van der Waals surface area contributed by atoms with Crippen molar-refractivity contribution in [3.8, 4) is 10.4 Å². The van der Waals surface area contributed by atoms with Crippen LogP contribution in [0.3, 0.4) is 0 Å². The van der Waals surface area contributed by atoms with Crippen molar-refractivity contribution in [2.45, 2.75) is 0 Å². The molecule has 2 aromatic heterocycles. The molecule has 1 aromatic carbocycles. The first-order chi connectivity index (χ1) is 9.31. The highest BCUT2D eigenvalue weighted by Gasteiger charge is 2.03. The van der Waals surface area contributed by atoms with Crippen LogP contribution in [0.5, 0.6) is 0 Å². The first-order valence-electron chi connectivity index (χ1n) is 5.84. The third-order valence-corrected chi connectivity index (χ3v) is 3.86. The van der Waals surface area contributed by atoms with E-state index in [9.17, 15) is 0 Å². The van der Waals surface area contributed by atoms with E-state index in [4.69, 9.17) is 11.6 Å². The predicted octanol–water partition coefficient (Wildman–Crippen LogP) is 5.21. The number of hydrogen-bond donors (Lipinski definition) is 1. The van der Waals surface area contributed by atoms with Gasteiger partial charge in [-0.25, -0.2) is 4.98 Å². The van der Waals surface area contributed by atoms with Gasteiger partial charge in [0.25, 0.3) is 0 Å². The van der Waals surface area contributed by atoms with Crippen LogP contribution in [-0.2, 0) is 0 Å². The van der Waals surface area contributed by atoms with Gasteiger partial charge in [-0.1, -0.05) is 29.8 Å². The molecule has 0 unspecified atom stereocenters. The number of anilines is 2. The Morgan fingerprint density at radius 2 is 2.00 bits per heavy atom. The number of aromatic nitrogens is 1. The maximum absolute atomic E-state index is 6.01. The number of halogens is 1. The average Bonchev–Trinajstić information content (AvgIpc) is 2.88. The smallest absolute Gasteiger partial charge is 0.130 e. The van der Waals surface area contributed by atoms with Gasteiger partial charge >= 0.3 is 0 Å². The van der Waals surface area contributed by atoms with Gasteiger partial charge in [0.15, 0.2) is 0 Å². The Morgan fingerprint density at radius 1 is 1.05 bits per heavy atom. The maximum Gasteiger partial charge on any atom is 0.130 e. The molecule has 1 N–H and O–H groups in total. The van der Waals surface area contributed by atoms with E-state index in [1.807, 2.05) is 36.4 Å². The van der Waals surface area contributed by atoms with Crippen molar-refractivity contribution in [1.82, 2.24) is 4.98 Å². The van der Waals surface area contributed by atoms with Crippen LogP contribution in [0, 0.1) is 0 Å². The Bertz CT molecular complexity index is 679. The summed E-state index contributed by atoms with van der Waals surface area (Å²) in [6.07, 6.45) is 1.77. The first-order valence-corrected chi connectivity index (χ1v) is 7.09. The molecule has 94 valence electrons. The second kappa shape index (κ2) is 5.43. The average molecular weight is 287 g/mol. The van der Waals surface area contributed by atoms with Gasteiger partial charge in [-0.2, -0.15) is 0 Å². The molecule has 0 saturated heterocycles. The molecule has 0 atom stereocenters. The van der Waals surface area contributed by atoms with Crippen LogP contribution in [0.1, 0.15) is 0 Å². The van der Waals surface area contributed by atoms with Gasteiger partial charge in [-0.3, -0.25) is 0 Å². The summed E-state index contributed by atoms with van der Waals surface area (Å²) in [6.45, 7) is 0. The number of thiophene rings is 1. The molecule has 2 heterocycles. The fourth-order valence-corrected chi connectivity index (χ4v) is 2.81. The van der Waals surface area contributed by atoms with E-state index in [1.165, 1.54) is 4.88 Å². The molecule has 0 bridgehead atoms. The van der Waals surface area contributed by atoms with Crippen molar-refractivity contribution in [2.75, 3.05) is 5.32 Å². The molecule has 0 spiro atoms. The predicted molar refractivity (Wildman–Crippen MR) is 82.3 cm³/mol. The minimum atomic E-state index is 0.755. The minimum Gasteiger partial charge on any atom is -0.340 e. The van der Waals surface area contributed by atoms with Crippen LogP contribution in [0.4, 0.5) is 11.5 Å². The lowest BCUT2D eigenvalue weighted by atomic mass is 10.2. The summed E-state index contributed by atoms with van der Waals surface area (Å²) in [5.41, 5.74) is 2.17. The van der Waals surface area contributed by atoms with Crippen molar-refractivity contribution in [3.63, 3.8) is 0 Å². The second-order valence-corrected chi connectivity index (χ2v) is 5.40. The van der Waals surface area contributed by atoms with Crippen molar-refractivity contribution in [3.05, 3.63) is 65.1 Å². The third kappa shape index (κ3) is 2.95. The number of nitrogens with zero attached hydrogens (tertiary/aromatic N) is 1. The number of rotatable bonds is 3. The van der Waals surface area contributed by atoms with E-state index in [-0.39, 0.29) is 0 Å². The molecule has 3 rings (SSSR count). The summed E-state index contributed by atoms with van der Waals surface area (Å²) < 4.78 is 0. The van der Waals surface area contributed by atoms with E-state index >= 15 is 0 Å². The van der Waals surface area contributed by atoms with Gasteiger partial charge < -0.3 is 5.32 Å². The molecule has 2 nitrogen and oxygen atoms in total. The Morgan fingerprint density at radius 3 is 2.79 bits per heavy atom. The molecule has 0 aliphatic heterocycles. The van der Waals surface area contributed by atoms with Crippen LogP contribution in [-0.4, -0.2) is 4.98 Å². The third-order valence-electron chi connectivity index (χ3n) is 2.65. The Labute approximate surface area is 120 Å². The van der Waals surface area contributed by atoms with Crippen molar-refractivity contribution < 1.29 is 0 Å². The molecular weight excluding hydrogens is 276 g/mol. The monoisotopic (exact) mass is 286 g/mol. The molecule has 0 aliphatic carbocycles. The van der Waals surface area contributed by atoms with Gasteiger partial charge in [-0.15, -0.1) is 11.3 Å².